The number of carbonyl (C=O) groups is 1. The maximum Gasteiger partial charge on any atom is 0.241 e. The van der Waals surface area contributed by atoms with Crippen molar-refractivity contribution in [1.82, 2.24) is 5.32 Å². The van der Waals surface area contributed by atoms with Crippen molar-refractivity contribution in [2.45, 2.75) is 19.9 Å². The van der Waals surface area contributed by atoms with Gasteiger partial charge in [-0.15, -0.1) is 0 Å². The first kappa shape index (κ1) is 11.9. The maximum atomic E-state index is 11.3. The number of hydrogen-bond acceptors (Lipinski definition) is 2. The average molecular weight is 227 g/mol. The molecular formula is C11H15ClN2O. The molecule has 2 N–H and O–H groups in total. The zero-order valence-electron chi connectivity index (χ0n) is 9.10. The van der Waals surface area contributed by atoms with E-state index in [1.54, 1.807) is 14.0 Å². The molecule has 0 aliphatic heterocycles. The molecule has 0 aromatic heterocycles. The molecule has 4 heteroatoms. The van der Waals surface area contributed by atoms with Crippen molar-refractivity contribution in [1.29, 1.82) is 0 Å². The Morgan fingerprint density at radius 1 is 1.47 bits per heavy atom. The van der Waals surface area contributed by atoms with Gasteiger partial charge >= 0.3 is 0 Å². The van der Waals surface area contributed by atoms with Crippen LogP contribution in [0.3, 0.4) is 0 Å². The van der Waals surface area contributed by atoms with E-state index in [0.717, 1.165) is 11.3 Å². The molecule has 0 aliphatic carbocycles. The molecule has 0 unspecified atom stereocenters. The van der Waals surface area contributed by atoms with Crippen LogP contribution in [0.2, 0.25) is 5.02 Å². The monoisotopic (exact) mass is 226 g/mol. The van der Waals surface area contributed by atoms with Gasteiger partial charge in [-0.2, -0.15) is 0 Å². The Kier molecular flexibility index (Phi) is 3.97. The molecule has 0 saturated carbocycles. The van der Waals surface area contributed by atoms with Gasteiger partial charge in [0.25, 0.3) is 0 Å². The highest BCUT2D eigenvalue weighted by molar-refractivity contribution is 6.31. The number of hydrogen-bond donors (Lipinski definition) is 2. The summed E-state index contributed by atoms with van der Waals surface area (Å²) in [7, 11) is 1.62. The van der Waals surface area contributed by atoms with Crippen LogP contribution in [0.15, 0.2) is 18.2 Å². The van der Waals surface area contributed by atoms with Crippen molar-refractivity contribution < 1.29 is 4.79 Å². The topological polar surface area (TPSA) is 41.1 Å². The lowest BCUT2D eigenvalue weighted by molar-refractivity contribution is -0.121. The minimum absolute atomic E-state index is 0.0469. The number of halogens is 1. The van der Waals surface area contributed by atoms with E-state index in [4.69, 9.17) is 11.6 Å². The molecule has 0 fully saturated rings. The molecule has 1 amide bonds. The Labute approximate surface area is 94.8 Å². The number of rotatable bonds is 3. The molecule has 82 valence electrons. The highest BCUT2D eigenvalue weighted by Crippen LogP contribution is 2.23. The summed E-state index contributed by atoms with van der Waals surface area (Å²) < 4.78 is 0. The highest BCUT2D eigenvalue weighted by Gasteiger charge is 2.11. The van der Waals surface area contributed by atoms with E-state index in [0.29, 0.717) is 5.02 Å². The Balaban J connectivity index is 2.81. The summed E-state index contributed by atoms with van der Waals surface area (Å²) >= 11 is 5.97. The summed E-state index contributed by atoms with van der Waals surface area (Å²) in [6, 6.07) is 5.31. The van der Waals surface area contributed by atoms with Crippen LogP contribution >= 0.6 is 11.6 Å². The molecule has 0 aliphatic rings. The Hall–Kier alpha value is -1.22. The quantitative estimate of drug-likeness (QED) is 0.830. The third-order valence-corrected chi connectivity index (χ3v) is 2.69. The number of amides is 1. The van der Waals surface area contributed by atoms with E-state index in [1.165, 1.54) is 0 Å². The Morgan fingerprint density at radius 2 is 2.13 bits per heavy atom. The number of benzene rings is 1. The molecule has 1 rings (SSSR count). The SMILES string of the molecule is CNC(=O)[C@@H](C)Nc1cccc(Cl)c1C. The third kappa shape index (κ3) is 2.86. The van der Waals surface area contributed by atoms with Gasteiger partial charge in [0, 0.05) is 17.8 Å². The zero-order chi connectivity index (χ0) is 11.4. The molecule has 0 heterocycles. The molecule has 0 saturated heterocycles. The second-order valence-electron chi connectivity index (χ2n) is 3.39. The van der Waals surface area contributed by atoms with Gasteiger partial charge < -0.3 is 10.6 Å². The first-order valence-corrected chi connectivity index (χ1v) is 5.17. The highest BCUT2D eigenvalue weighted by atomic mass is 35.5. The van der Waals surface area contributed by atoms with E-state index in [2.05, 4.69) is 10.6 Å². The fourth-order valence-corrected chi connectivity index (χ4v) is 1.45. The summed E-state index contributed by atoms with van der Waals surface area (Å²) in [6.45, 7) is 3.72. The number of anilines is 1. The lowest BCUT2D eigenvalue weighted by Gasteiger charge is -2.16. The number of likely N-dealkylation sites (N-methyl/N-ethyl adjacent to an activating group) is 1. The molecular weight excluding hydrogens is 212 g/mol. The molecule has 15 heavy (non-hydrogen) atoms. The van der Waals surface area contributed by atoms with Crippen LogP contribution in [0.5, 0.6) is 0 Å². The van der Waals surface area contributed by atoms with E-state index < -0.39 is 0 Å². The minimum atomic E-state index is -0.271. The molecule has 0 bridgehead atoms. The molecule has 1 aromatic carbocycles. The van der Waals surface area contributed by atoms with Crippen molar-refractivity contribution in [3.05, 3.63) is 28.8 Å². The van der Waals surface area contributed by atoms with Gasteiger partial charge in [0.05, 0.1) is 0 Å². The first-order valence-electron chi connectivity index (χ1n) is 4.79. The van der Waals surface area contributed by atoms with Crippen LogP contribution in [0.25, 0.3) is 0 Å². The van der Waals surface area contributed by atoms with Gasteiger partial charge in [0.2, 0.25) is 5.91 Å². The fraction of sp³-hybridized carbons (Fsp3) is 0.364. The average Bonchev–Trinajstić information content (AvgIpc) is 2.23. The van der Waals surface area contributed by atoms with Crippen LogP contribution in [0.1, 0.15) is 12.5 Å². The second kappa shape index (κ2) is 5.03. The van der Waals surface area contributed by atoms with E-state index in [1.807, 2.05) is 25.1 Å². The van der Waals surface area contributed by atoms with Crippen molar-refractivity contribution in [3.63, 3.8) is 0 Å². The molecule has 1 atom stereocenters. The van der Waals surface area contributed by atoms with E-state index >= 15 is 0 Å². The summed E-state index contributed by atoms with van der Waals surface area (Å²) in [5.74, 6) is -0.0469. The second-order valence-corrected chi connectivity index (χ2v) is 3.80. The zero-order valence-corrected chi connectivity index (χ0v) is 9.85. The van der Waals surface area contributed by atoms with E-state index in [-0.39, 0.29) is 11.9 Å². The summed E-state index contributed by atoms with van der Waals surface area (Å²) in [5, 5.41) is 6.39. The fourth-order valence-electron chi connectivity index (χ4n) is 1.28. The van der Waals surface area contributed by atoms with Gasteiger partial charge in [0.15, 0.2) is 0 Å². The molecule has 0 spiro atoms. The maximum absolute atomic E-state index is 11.3. The normalized spacial score (nSPS) is 12.0. The van der Waals surface area contributed by atoms with Crippen molar-refractivity contribution in [3.8, 4) is 0 Å². The van der Waals surface area contributed by atoms with Gasteiger partial charge in [0.1, 0.15) is 6.04 Å². The Morgan fingerprint density at radius 3 is 2.73 bits per heavy atom. The minimum Gasteiger partial charge on any atom is -0.374 e. The first-order chi connectivity index (χ1) is 7.06. The van der Waals surface area contributed by atoms with E-state index in [9.17, 15) is 4.79 Å². The van der Waals surface area contributed by atoms with Gasteiger partial charge in [-0.25, -0.2) is 0 Å². The van der Waals surface area contributed by atoms with Gasteiger partial charge in [-0.1, -0.05) is 17.7 Å². The van der Waals surface area contributed by atoms with Crippen molar-refractivity contribution in [2.75, 3.05) is 12.4 Å². The largest absolute Gasteiger partial charge is 0.374 e. The number of nitrogens with one attached hydrogen (secondary N) is 2. The molecule has 1 aromatic rings. The van der Waals surface area contributed by atoms with Crippen LogP contribution in [-0.2, 0) is 4.79 Å². The lowest BCUT2D eigenvalue weighted by atomic mass is 10.2. The number of carbonyl (C=O) groups excluding carboxylic acids is 1. The Bertz CT molecular complexity index is 366. The van der Waals surface area contributed by atoms with Gasteiger partial charge in [-0.05, 0) is 31.5 Å². The van der Waals surface area contributed by atoms with Crippen LogP contribution in [0, 0.1) is 6.92 Å². The molecule has 0 radical (unpaired) electrons. The van der Waals surface area contributed by atoms with Crippen LogP contribution in [0.4, 0.5) is 5.69 Å². The summed E-state index contributed by atoms with van der Waals surface area (Å²) in [6.07, 6.45) is 0. The standard InChI is InChI=1S/C11H15ClN2O/c1-7-9(12)5-4-6-10(7)14-8(2)11(15)13-3/h4-6,8,14H,1-3H3,(H,13,15)/t8-/m1/s1. The summed E-state index contributed by atoms with van der Waals surface area (Å²) in [4.78, 5) is 11.3. The summed E-state index contributed by atoms with van der Waals surface area (Å²) in [5.41, 5.74) is 1.84. The smallest absolute Gasteiger partial charge is 0.241 e. The predicted molar refractivity (Wildman–Crippen MR) is 63.3 cm³/mol. The van der Waals surface area contributed by atoms with Crippen LogP contribution in [-0.4, -0.2) is 19.0 Å². The van der Waals surface area contributed by atoms with Gasteiger partial charge in [-0.3, -0.25) is 4.79 Å². The lowest BCUT2D eigenvalue weighted by Crippen LogP contribution is -2.35. The predicted octanol–water partition coefficient (Wildman–Crippen LogP) is 2.19. The van der Waals surface area contributed by atoms with Crippen LogP contribution < -0.4 is 10.6 Å². The van der Waals surface area contributed by atoms with Crippen molar-refractivity contribution >= 4 is 23.2 Å². The van der Waals surface area contributed by atoms with Crippen molar-refractivity contribution in [2.24, 2.45) is 0 Å². The molecule has 3 nitrogen and oxygen atoms in total. The third-order valence-electron chi connectivity index (χ3n) is 2.28.